The van der Waals surface area contributed by atoms with Crippen molar-refractivity contribution in [1.29, 1.82) is 0 Å². The van der Waals surface area contributed by atoms with Crippen LogP contribution in [0.25, 0.3) is 0 Å². The number of methoxy groups -OCH3 is 1. The predicted molar refractivity (Wildman–Crippen MR) is 51.9 cm³/mol. The molecule has 0 aromatic rings. The molecule has 3 N–H and O–H groups in total. The molecule has 0 aliphatic heterocycles. The summed E-state index contributed by atoms with van der Waals surface area (Å²) in [7, 11) is 1.18. The van der Waals surface area contributed by atoms with Crippen LogP contribution in [0.2, 0.25) is 0 Å². The first kappa shape index (κ1) is 12.2. The summed E-state index contributed by atoms with van der Waals surface area (Å²) in [6.07, 6.45) is 3.30. The summed E-state index contributed by atoms with van der Waals surface area (Å²) in [6, 6.07) is 0. The molecule has 0 unspecified atom stereocenters. The average molecular weight is 216 g/mol. The van der Waals surface area contributed by atoms with Crippen LogP contribution < -0.4 is 0 Å². The summed E-state index contributed by atoms with van der Waals surface area (Å²) in [5, 5.41) is 28.1. The van der Waals surface area contributed by atoms with Gasteiger partial charge in [0.25, 0.3) is 0 Å². The minimum atomic E-state index is -1.73. The molecular weight excluding hydrogens is 200 g/mol. The highest BCUT2D eigenvalue weighted by Gasteiger charge is 2.46. The Labute approximate surface area is 88.0 Å². The highest BCUT2D eigenvalue weighted by atomic mass is 16.5. The first-order valence-corrected chi connectivity index (χ1v) is 4.79. The molecule has 0 fully saturated rings. The smallest absolute Gasteiger partial charge is 0.338 e. The average Bonchev–Trinajstić information content (AvgIpc) is 2.27. The molecule has 0 amide bonds. The third kappa shape index (κ3) is 2.19. The first-order chi connectivity index (χ1) is 7.08. The van der Waals surface area contributed by atoms with Crippen molar-refractivity contribution in [1.82, 2.24) is 0 Å². The Balaban J connectivity index is 2.93. The molecule has 1 rings (SSSR count). The Morgan fingerprint density at radius 2 is 2.13 bits per heavy atom. The third-order valence-corrected chi connectivity index (χ3v) is 2.77. The van der Waals surface area contributed by atoms with Gasteiger partial charge in [0.1, 0.15) is 0 Å². The first-order valence-electron chi connectivity index (χ1n) is 4.79. The second-order valence-corrected chi connectivity index (χ2v) is 3.74. The molecule has 5 heteroatoms. The topological polar surface area (TPSA) is 87.0 Å². The summed E-state index contributed by atoms with van der Waals surface area (Å²) >= 11 is 0. The summed E-state index contributed by atoms with van der Waals surface area (Å²) in [5.74, 6) is -1.73. The van der Waals surface area contributed by atoms with E-state index in [0.717, 1.165) is 0 Å². The molecule has 86 valence electrons. The standard InChI is InChI=1S/C10H16O5/c1-15-9(13)10(14)4-7(5-11)2-3-8(10)6-12/h2-3,7-8,11-12,14H,4-6H2,1H3/t7-,8-,10-/m0/s1. The van der Waals surface area contributed by atoms with Crippen molar-refractivity contribution >= 4 is 5.97 Å². The van der Waals surface area contributed by atoms with Crippen molar-refractivity contribution in [2.24, 2.45) is 11.8 Å². The highest BCUT2D eigenvalue weighted by molar-refractivity contribution is 5.80. The van der Waals surface area contributed by atoms with Crippen LogP contribution in [-0.4, -0.2) is 47.2 Å². The lowest BCUT2D eigenvalue weighted by atomic mass is 9.75. The van der Waals surface area contributed by atoms with Gasteiger partial charge in [0, 0.05) is 18.4 Å². The Bertz CT molecular complexity index is 263. The Morgan fingerprint density at radius 3 is 2.60 bits per heavy atom. The van der Waals surface area contributed by atoms with E-state index in [-0.39, 0.29) is 25.6 Å². The molecule has 0 saturated heterocycles. The fourth-order valence-electron chi connectivity index (χ4n) is 1.82. The highest BCUT2D eigenvalue weighted by Crippen LogP contribution is 2.33. The zero-order chi connectivity index (χ0) is 11.5. The minimum Gasteiger partial charge on any atom is -0.467 e. The van der Waals surface area contributed by atoms with E-state index >= 15 is 0 Å². The van der Waals surface area contributed by atoms with Crippen molar-refractivity contribution < 1.29 is 24.9 Å². The van der Waals surface area contributed by atoms with Crippen LogP contribution in [-0.2, 0) is 9.53 Å². The van der Waals surface area contributed by atoms with E-state index in [9.17, 15) is 9.90 Å². The maximum Gasteiger partial charge on any atom is 0.338 e. The van der Waals surface area contributed by atoms with Crippen molar-refractivity contribution in [2.45, 2.75) is 12.0 Å². The quantitative estimate of drug-likeness (QED) is 0.419. The zero-order valence-electron chi connectivity index (χ0n) is 8.59. The molecular formula is C10H16O5. The van der Waals surface area contributed by atoms with Gasteiger partial charge >= 0.3 is 5.97 Å². The number of hydrogen-bond acceptors (Lipinski definition) is 5. The summed E-state index contributed by atoms with van der Waals surface area (Å²) in [5.41, 5.74) is -1.73. The lowest BCUT2D eigenvalue weighted by Crippen LogP contribution is -2.50. The maximum atomic E-state index is 11.4. The van der Waals surface area contributed by atoms with Gasteiger partial charge in [-0.25, -0.2) is 4.79 Å². The Kier molecular flexibility index (Phi) is 3.84. The maximum absolute atomic E-state index is 11.4. The number of carbonyl (C=O) groups excluding carboxylic acids is 1. The van der Waals surface area contributed by atoms with Crippen LogP contribution in [0.5, 0.6) is 0 Å². The van der Waals surface area contributed by atoms with Crippen molar-refractivity contribution in [3.8, 4) is 0 Å². The summed E-state index contributed by atoms with van der Waals surface area (Å²) in [6.45, 7) is -0.478. The van der Waals surface area contributed by atoms with Crippen molar-refractivity contribution in [3.63, 3.8) is 0 Å². The van der Waals surface area contributed by atoms with Crippen LogP contribution >= 0.6 is 0 Å². The number of esters is 1. The van der Waals surface area contributed by atoms with Gasteiger partial charge in [-0.3, -0.25) is 0 Å². The van der Waals surface area contributed by atoms with Crippen LogP contribution in [0.4, 0.5) is 0 Å². The summed E-state index contributed by atoms with van der Waals surface area (Å²) in [4.78, 5) is 11.4. The second kappa shape index (κ2) is 4.74. The van der Waals surface area contributed by atoms with E-state index in [0.29, 0.717) is 0 Å². The normalized spacial score (nSPS) is 35.2. The fourth-order valence-corrected chi connectivity index (χ4v) is 1.82. The van der Waals surface area contributed by atoms with E-state index in [2.05, 4.69) is 4.74 Å². The van der Waals surface area contributed by atoms with Gasteiger partial charge in [-0.05, 0) is 6.42 Å². The minimum absolute atomic E-state index is 0.0674. The van der Waals surface area contributed by atoms with Crippen molar-refractivity contribution in [3.05, 3.63) is 12.2 Å². The molecule has 1 aliphatic carbocycles. The summed E-state index contributed by atoms with van der Waals surface area (Å²) < 4.78 is 4.50. The molecule has 0 aromatic carbocycles. The fraction of sp³-hybridized carbons (Fsp3) is 0.700. The SMILES string of the molecule is COC(=O)[C@]1(O)C[C@@H](CO)C=C[C@H]1CO. The molecule has 1 aliphatic rings. The molecule has 0 radical (unpaired) electrons. The third-order valence-electron chi connectivity index (χ3n) is 2.77. The van der Waals surface area contributed by atoms with Crippen LogP contribution in [0.1, 0.15) is 6.42 Å². The van der Waals surface area contributed by atoms with E-state index in [1.165, 1.54) is 7.11 Å². The van der Waals surface area contributed by atoms with Gasteiger partial charge in [-0.2, -0.15) is 0 Å². The number of carbonyl (C=O) groups is 1. The van der Waals surface area contributed by atoms with Gasteiger partial charge in [0.15, 0.2) is 5.60 Å². The molecule has 3 atom stereocenters. The number of aliphatic hydroxyl groups is 3. The van der Waals surface area contributed by atoms with Gasteiger partial charge in [-0.15, -0.1) is 0 Å². The monoisotopic (exact) mass is 216 g/mol. The largest absolute Gasteiger partial charge is 0.467 e. The zero-order valence-corrected chi connectivity index (χ0v) is 8.59. The second-order valence-electron chi connectivity index (χ2n) is 3.74. The molecule has 15 heavy (non-hydrogen) atoms. The van der Waals surface area contributed by atoms with Gasteiger partial charge in [0.2, 0.25) is 0 Å². The van der Waals surface area contributed by atoms with Crippen molar-refractivity contribution in [2.75, 3.05) is 20.3 Å². The number of hydrogen-bond donors (Lipinski definition) is 3. The lowest BCUT2D eigenvalue weighted by Gasteiger charge is -2.36. The van der Waals surface area contributed by atoms with Gasteiger partial charge in [0.05, 0.1) is 13.7 Å². The Hall–Kier alpha value is -0.910. The number of ether oxygens (including phenoxy) is 1. The lowest BCUT2D eigenvalue weighted by molar-refractivity contribution is -0.171. The van der Waals surface area contributed by atoms with Crippen LogP contribution in [0.15, 0.2) is 12.2 Å². The number of aliphatic hydroxyl groups excluding tert-OH is 2. The Morgan fingerprint density at radius 1 is 1.47 bits per heavy atom. The van der Waals surface area contributed by atoms with Crippen LogP contribution in [0, 0.1) is 11.8 Å². The van der Waals surface area contributed by atoms with Crippen LogP contribution in [0.3, 0.4) is 0 Å². The molecule has 0 heterocycles. The molecule has 0 saturated carbocycles. The molecule has 0 bridgehead atoms. The van der Waals surface area contributed by atoms with E-state index < -0.39 is 17.5 Å². The van der Waals surface area contributed by atoms with Gasteiger partial charge in [-0.1, -0.05) is 12.2 Å². The van der Waals surface area contributed by atoms with E-state index in [4.69, 9.17) is 10.2 Å². The predicted octanol–water partition coefficient (Wildman–Crippen LogP) is -0.933. The van der Waals surface area contributed by atoms with E-state index in [1.807, 2.05) is 0 Å². The van der Waals surface area contributed by atoms with Gasteiger partial charge < -0.3 is 20.1 Å². The van der Waals surface area contributed by atoms with E-state index in [1.54, 1.807) is 12.2 Å². The molecule has 5 nitrogen and oxygen atoms in total. The molecule has 0 spiro atoms. The molecule has 0 aromatic heterocycles. The number of rotatable bonds is 3.